The number of rotatable bonds is 4. The molecule has 98 valence electrons. The van der Waals surface area contributed by atoms with E-state index in [1.54, 1.807) is 12.1 Å². The SMILES string of the molecule is Cc1cc(C(=O)O)cc(NCC2(C)CCCC2)n1. The van der Waals surface area contributed by atoms with Gasteiger partial charge in [-0.25, -0.2) is 9.78 Å². The molecule has 1 saturated carbocycles. The molecule has 0 bridgehead atoms. The fourth-order valence-corrected chi connectivity index (χ4v) is 2.59. The first kappa shape index (κ1) is 12.9. The molecule has 1 heterocycles. The predicted octanol–water partition coefficient (Wildman–Crippen LogP) is 3.08. The number of hydrogen-bond acceptors (Lipinski definition) is 3. The van der Waals surface area contributed by atoms with Gasteiger partial charge in [0.25, 0.3) is 0 Å². The summed E-state index contributed by atoms with van der Waals surface area (Å²) in [6.45, 7) is 4.96. The fourth-order valence-electron chi connectivity index (χ4n) is 2.59. The minimum absolute atomic E-state index is 0.293. The number of aromatic carboxylic acids is 1. The van der Waals surface area contributed by atoms with Crippen molar-refractivity contribution in [3.05, 3.63) is 23.4 Å². The highest BCUT2D eigenvalue weighted by Crippen LogP contribution is 2.37. The summed E-state index contributed by atoms with van der Waals surface area (Å²) >= 11 is 0. The number of hydrogen-bond donors (Lipinski definition) is 2. The number of carboxylic acid groups (broad SMARTS) is 1. The molecule has 0 aromatic carbocycles. The van der Waals surface area contributed by atoms with Crippen molar-refractivity contribution in [3.8, 4) is 0 Å². The van der Waals surface area contributed by atoms with Gasteiger partial charge < -0.3 is 10.4 Å². The van der Waals surface area contributed by atoms with Crippen molar-refractivity contribution in [2.45, 2.75) is 39.5 Å². The van der Waals surface area contributed by atoms with E-state index in [2.05, 4.69) is 17.2 Å². The minimum Gasteiger partial charge on any atom is -0.478 e. The fraction of sp³-hybridized carbons (Fsp3) is 0.571. The van der Waals surface area contributed by atoms with Gasteiger partial charge in [-0.1, -0.05) is 19.8 Å². The molecule has 1 fully saturated rings. The Morgan fingerprint density at radius 3 is 2.72 bits per heavy atom. The molecule has 1 aromatic heterocycles. The highest BCUT2D eigenvalue weighted by Gasteiger charge is 2.28. The summed E-state index contributed by atoms with van der Waals surface area (Å²) in [7, 11) is 0. The van der Waals surface area contributed by atoms with Crippen LogP contribution in [-0.4, -0.2) is 22.6 Å². The Bertz CT molecular complexity index is 451. The van der Waals surface area contributed by atoms with Crippen molar-refractivity contribution in [3.63, 3.8) is 0 Å². The van der Waals surface area contributed by atoms with Gasteiger partial charge in [-0.15, -0.1) is 0 Å². The molecule has 0 unspecified atom stereocenters. The van der Waals surface area contributed by atoms with Gasteiger partial charge in [-0.2, -0.15) is 0 Å². The Morgan fingerprint density at radius 2 is 2.11 bits per heavy atom. The Labute approximate surface area is 107 Å². The van der Waals surface area contributed by atoms with Gasteiger partial charge in [-0.05, 0) is 37.3 Å². The quantitative estimate of drug-likeness (QED) is 0.859. The third kappa shape index (κ3) is 3.00. The van der Waals surface area contributed by atoms with E-state index in [-0.39, 0.29) is 0 Å². The van der Waals surface area contributed by atoms with Crippen molar-refractivity contribution < 1.29 is 9.90 Å². The summed E-state index contributed by atoms with van der Waals surface area (Å²) < 4.78 is 0. The summed E-state index contributed by atoms with van der Waals surface area (Å²) in [6, 6.07) is 3.19. The number of carbonyl (C=O) groups is 1. The molecule has 2 N–H and O–H groups in total. The van der Waals surface area contributed by atoms with E-state index >= 15 is 0 Å². The van der Waals surface area contributed by atoms with Crippen LogP contribution in [0.4, 0.5) is 5.82 Å². The lowest BCUT2D eigenvalue weighted by Gasteiger charge is -2.24. The number of carboxylic acids is 1. The van der Waals surface area contributed by atoms with Crippen LogP contribution in [0.5, 0.6) is 0 Å². The first-order chi connectivity index (χ1) is 8.48. The summed E-state index contributed by atoms with van der Waals surface area (Å²) in [5.74, 6) is -0.240. The number of nitrogens with zero attached hydrogens (tertiary/aromatic N) is 1. The van der Waals surface area contributed by atoms with Crippen molar-refractivity contribution in [1.82, 2.24) is 4.98 Å². The number of pyridine rings is 1. The van der Waals surface area contributed by atoms with Gasteiger partial charge in [0.2, 0.25) is 0 Å². The zero-order chi connectivity index (χ0) is 13.2. The normalized spacial score (nSPS) is 17.7. The van der Waals surface area contributed by atoms with Crippen LogP contribution < -0.4 is 5.32 Å². The molecule has 1 aliphatic carbocycles. The second-order valence-electron chi connectivity index (χ2n) is 5.56. The Kier molecular flexibility index (Phi) is 3.55. The molecule has 0 amide bonds. The van der Waals surface area contributed by atoms with E-state index in [9.17, 15) is 4.79 Å². The van der Waals surface area contributed by atoms with Crippen LogP contribution in [0.2, 0.25) is 0 Å². The lowest BCUT2D eigenvalue weighted by atomic mass is 9.89. The summed E-state index contributed by atoms with van der Waals surface area (Å²) in [4.78, 5) is 15.3. The van der Waals surface area contributed by atoms with Crippen molar-refractivity contribution >= 4 is 11.8 Å². The number of aryl methyl sites for hydroxylation is 1. The molecule has 0 spiro atoms. The maximum atomic E-state index is 11.0. The van der Waals surface area contributed by atoms with E-state index in [1.165, 1.54) is 25.7 Å². The van der Waals surface area contributed by atoms with Crippen LogP contribution in [0.15, 0.2) is 12.1 Å². The second kappa shape index (κ2) is 4.96. The van der Waals surface area contributed by atoms with E-state index in [4.69, 9.17) is 5.11 Å². The third-order valence-electron chi connectivity index (χ3n) is 3.71. The average Bonchev–Trinajstić information content (AvgIpc) is 2.73. The lowest BCUT2D eigenvalue weighted by Crippen LogP contribution is -2.23. The topological polar surface area (TPSA) is 62.2 Å². The van der Waals surface area contributed by atoms with Gasteiger partial charge in [0.05, 0.1) is 5.56 Å². The van der Waals surface area contributed by atoms with Gasteiger partial charge in [0.15, 0.2) is 0 Å². The lowest BCUT2D eigenvalue weighted by molar-refractivity contribution is 0.0696. The maximum absolute atomic E-state index is 11.0. The van der Waals surface area contributed by atoms with Crippen LogP contribution in [-0.2, 0) is 0 Å². The average molecular weight is 248 g/mol. The maximum Gasteiger partial charge on any atom is 0.335 e. The Morgan fingerprint density at radius 1 is 1.44 bits per heavy atom. The number of nitrogens with one attached hydrogen (secondary N) is 1. The predicted molar refractivity (Wildman–Crippen MR) is 71.0 cm³/mol. The molecular formula is C14H20N2O2. The van der Waals surface area contributed by atoms with Gasteiger partial charge in [-0.3, -0.25) is 0 Å². The molecule has 2 rings (SSSR count). The van der Waals surface area contributed by atoms with Gasteiger partial charge in [0.1, 0.15) is 5.82 Å². The van der Waals surface area contributed by atoms with Crippen molar-refractivity contribution in [1.29, 1.82) is 0 Å². The summed E-state index contributed by atoms with van der Waals surface area (Å²) in [5.41, 5.74) is 1.35. The third-order valence-corrected chi connectivity index (χ3v) is 3.71. The monoisotopic (exact) mass is 248 g/mol. The molecule has 18 heavy (non-hydrogen) atoms. The molecule has 0 atom stereocenters. The molecule has 4 nitrogen and oxygen atoms in total. The molecule has 1 aromatic rings. The highest BCUT2D eigenvalue weighted by atomic mass is 16.4. The van der Waals surface area contributed by atoms with Crippen LogP contribution in [0.1, 0.15) is 48.7 Å². The second-order valence-corrected chi connectivity index (χ2v) is 5.56. The first-order valence-electron chi connectivity index (χ1n) is 6.44. The van der Waals surface area contributed by atoms with Crippen molar-refractivity contribution in [2.24, 2.45) is 5.41 Å². The molecule has 0 aliphatic heterocycles. The summed E-state index contributed by atoms with van der Waals surface area (Å²) in [6.07, 6.45) is 5.05. The highest BCUT2D eigenvalue weighted by molar-refractivity contribution is 5.88. The van der Waals surface area contributed by atoms with Crippen molar-refractivity contribution in [2.75, 3.05) is 11.9 Å². The van der Waals surface area contributed by atoms with Gasteiger partial charge in [0, 0.05) is 12.2 Å². The number of anilines is 1. The Hall–Kier alpha value is -1.58. The van der Waals surface area contributed by atoms with Crippen LogP contribution in [0.3, 0.4) is 0 Å². The zero-order valence-corrected chi connectivity index (χ0v) is 11.0. The zero-order valence-electron chi connectivity index (χ0n) is 11.0. The smallest absolute Gasteiger partial charge is 0.335 e. The van der Waals surface area contributed by atoms with E-state index in [0.717, 1.165) is 12.2 Å². The molecule has 0 radical (unpaired) electrons. The Balaban J connectivity index is 2.07. The van der Waals surface area contributed by atoms with E-state index < -0.39 is 5.97 Å². The molecule has 1 aliphatic rings. The molecule has 0 saturated heterocycles. The van der Waals surface area contributed by atoms with Crippen LogP contribution in [0, 0.1) is 12.3 Å². The minimum atomic E-state index is -0.907. The van der Waals surface area contributed by atoms with Gasteiger partial charge >= 0.3 is 5.97 Å². The molecule has 4 heteroatoms. The van der Waals surface area contributed by atoms with Crippen LogP contribution in [0.25, 0.3) is 0 Å². The van der Waals surface area contributed by atoms with Crippen LogP contribution >= 0.6 is 0 Å². The standard InChI is InChI=1S/C14H20N2O2/c1-10-7-11(13(17)18)8-12(16-10)15-9-14(2)5-3-4-6-14/h7-8H,3-6,9H2,1-2H3,(H,15,16)(H,17,18). The van der Waals surface area contributed by atoms with E-state index in [1.807, 2.05) is 6.92 Å². The largest absolute Gasteiger partial charge is 0.478 e. The number of aromatic nitrogens is 1. The van der Waals surface area contributed by atoms with E-state index in [0.29, 0.717) is 16.8 Å². The summed E-state index contributed by atoms with van der Waals surface area (Å²) in [5, 5.41) is 12.3. The molecular weight excluding hydrogens is 228 g/mol. The first-order valence-corrected chi connectivity index (χ1v) is 6.44.